The van der Waals surface area contributed by atoms with E-state index < -0.39 is 0 Å². The fourth-order valence-electron chi connectivity index (χ4n) is 2.12. The number of rotatable bonds is 4. The molecular weight excluding hydrogens is 332 g/mol. The number of carbonyl (C=O) groups is 1. The molecule has 23 heavy (non-hydrogen) atoms. The van der Waals surface area contributed by atoms with Crippen LogP contribution in [0.1, 0.15) is 21.9 Å². The van der Waals surface area contributed by atoms with Crippen LogP contribution in [-0.4, -0.2) is 27.1 Å². The van der Waals surface area contributed by atoms with Gasteiger partial charge in [-0.3, -0.25) is 10.1 Å². The molecule has 3 aromatic rings. The number of amides is 1. The molecule has 0 fully saturated rings. The van der Waals surface area contributed by atoms with E-state index in [0.29, 0.717) is 38.7 Å². The molecule has 0 bridgehead atoms. The number of carbonyl (C=O) groups excluding carboxylic acids is 1. The second-order valence-corrected chi connectivity index (χ2v) is 6.36. The van der Waals surface area contributed by atoms with Crippen molar-refractivity contribution in [1.82, 2.24) is 15.0 Å². The van der Waals surface area contributed by atoms with Crippen LogP contribution in [-0.2, 0) is 0 Å². The first kappa shape index (κ1) is 15.7. The van der Waals surface area contributed by atoms with E-state index in [4.69, 9.17) is 4.42 Å². The molecule has 1 N–H and O–H groups in total. The number of hydrogen-bond donors (Lipinski definition) is 1. The lowest BCUT2D eigenvalue weighted by Gasteiger charge is -2.09. The lowest BCUT2D eigenvalue weighted by atomic mass is 10.2. The number of aryl methyl sites for hydroxylation is 2. The van der Waals surface area contributed by atoms with Crippen LogP contribution < -0.4 is 5.32 Å². The second-order valence-electron chi connectivity index (χ2n) is 4.71. The molecule has 8 heteroatoms. The summed E-state index contributed by atoms with van der Waals surface area (Å²) in [5.41, 5.74) is 1.83. The van der Waals surface area contributed by atoms with E-state index in [-0.39, 0.29) is 5.91 Å². The van der Waals surface area contributed by atoms with E-state index in [9.17, 15) is 4.79 Å². The lowest BCUT2D eigenvalue weighted by molar-refractivity contribution is 0.102. The summed E-state index contributed by atoms with van der Waals surface area (Å²) in [4.78, 5) is 25.5. The summed E-state index contributed by atoms with van der Waals surface area (Å²) in [6.07, 6.45) is 3.47. The quantitative estimate of drug-likeness (QED) is 0.572. The van der Waals surface area contributed by atoms with Gasteiger partial charge in [0.05, 0.1) is 17.5 Å². The monoisotopic (exact) mass is 346 g/mol. The minimum Gasteiger partial charge on any atom is -0.463 e. The van der Waals surface area contributed by atoms with E-state index in [1.807, 2.05) is 24.6 Å². The molecule has 0 saturated heterocycles. The van der Waals surface area contributed by atoms with Crippen LogP contribution in [0.3, 0.4) is 0 Å². The lowest BCUT2D eigenvalue weighted by Crippen LogP contribution is -2.16. The van der Waals surface area contributed by atoms with Gasteiger partial charge in [-0.1, -0.05) is 0 Å². The van der Waals surface area contributed by atoms with E-state index >= 15 is 0 Å². The Morgan fingerprint density at radius 2 is 2.13 bits per heavy atom. The molecule has 6 nitrogen and oxygen atoms in total. The summed E-state index contributed by atoms with van der Waals surface area (Å²) in [5, 5.41) is 5.81. The number of thioether (sulfide) groups is 1. The number of thiazole rings is 1. The number of furan rings is 1. The van der Waals surface area contributed by atoms with Crippen LogP contribution in [0, 0.1) is 13.8 Å². The topological polar surface area (TPSA) is 80.9 Å². The molecule has 0 aliphatic carbocycles. The van der Waals surface area contributed by atoms with E-state index in [1.165, 1.54) is 23.1 Å². The molecule has 3 heterocycles. The molecule has 0 aliphatic heterocycles. The fourth-order valence-corrected chi connectivity index (χ4v) is 3.48. The highest BCUT2D eigenvalue weighted by Crippen LogP contribution is 2.27. The minimum atomic E-state index is -0.257. The molecular formula is C15H14N4O2S2. The molecule has 0 aromatic carbocycles. The Hall–Kier alpha value is -2.19. The smallest absolute Gasteiger partial charge is 0.262 e. The number of nitrogens with zero attached hydrogens (tertiary/aromatic N) is 3. The molecule has 0 atom stereocenters. The van der Waals surface area contributed by atoms with Crippen molar-refractivity contribution in [3.8, 4) is 11.5 Å². The third-order valence-corrected chi connectivity index (χ3v) is 4.53. The van der Waals surface area contributed by atoms with Crippen molar-refractivity contribution in [2.45, 2.75) is 18.9 Å². The number of nitrogens with one attached hydrogen (secondary N) is 1. The fraction of sp³-hybridized carbons (Fsp3) is 0.200. The van der Waals surface area contributed by atoms with Crippen LogP contribution >= 0.6 is 23.1 Å². The van der Waals surface area contributed by atoms with Crippen molar-refractivity contribution < 1.29 is 9.21 Å². The highest BCUT2D eigenvalue weighted by molar-refractivity contribution is 7.98. The minimum absolute atomic E-state index is 0.257. The van der Waals surface area contributed by atoms with Crippen molar-refractivity contribution in [1.29, 1.82) is 0 Å². The van der Waals surface area contributed by atoms with Crippen LogP contribution in [0.4, 0.5) is 5.13 Å². The zero-order chi connectivity index (χ0) is 16.4. The summed E-state index contributed by atoms with van der Waals surface area (Å²) >= 11 is 2.76. The number of anilines is 1. The Bertz CT molecular complexity index is 843. The normalized spacial score (nSPS) is 10.7. The first-order valence-corrected chi connectivity index (χ1v) is 8.89. The predicted molar refractivity (Wildman–Crippen MR) is 91.1 cm³/mol. The molecule has 118 valence electrons. The molecule has 0 unspecified atom stereocenters. The molecule has 0 saturated carbocycles. The van der Waals surface area contributed by atoms with E-state index in [2.05, 4.69) is 20.3 Å². The van der Waals surface area contributed by atoms with Crippen molar-refractivity contribution in [2.24, 2.45) is 0 Å². The van der Waals surface area contributed by atoms with Crippen LogP contribution in [0.15, 0.2) is 33.2 Å². The van der Waals surface area contributed by atoms with Gasteiger partial charge in [0.25, 0.3) is 5.91 Å². The molecule has 0 radical (unpaired) electrons. The standard InChI is InChI=1S/C15H14N4O2S2/c1-8-12(14(22-3)17-9(2)16-8)13(20)19-15-18-10(7-23-15)11-5-4-6-21-11/h4-7H,1-3H3,(H,18,19,20). The van der Waals surface area contributed by atoms with Crippen molar-refractivity contribution in [2.75, 3.05) is 11.6 Å². The van der Waals surface area contributed by atoms with Crippen molar-refractivity contribution >= 4 is 34.1 Å². The maximum atomic E-state index is 12.6. The number of hydrogen-bond acceptors (Lipinski definition) is 7. The third-order valence-electron chi connectivity index (χ3n) is 3.09. The third kappa shape index (κ3) is 3.27. The van der Waals surface area contributed by atoms with Gasteiger partial charge in [-0.25, -0.2) is 15.0 Å². The van der Waals surface area contributed by atoms with Crippen LogP contribution in [0.25, 0.3) is 11.5 Å². The first-order valence-electron chi connectivity index (χ1n) is 6.78. The summed E-state index contributed by atoms with van der Waals surface area (Å²) in [6.45, 7) is 3.62. The highest BCUT2D eigenvalue weighted by atomic mass is 32.2. The average molecular weight is 346 g/mol. The van der Waals surface area contributed by atoms with Gasteiger partial charge in [0.15, 0.2) is 10.9 Å². The highest BCUT2D eigenvalue weighted by Gasteiger charge is 2.19. The van der Waals surface area contributed by atoms with Gasteiger partial charge in [-0.05, 0) is 32.2 Å². The summed E-state index contributed by atoms with van der Waals surface area (Å²) in [6, 6.07) is 3.62. The largest absolute Gasteiger partial charge is 0.463 e. The maximum absolute atomic E-state index is 12.6. The molecule has 0 aliphatic rings. The summed E-state index contributed by atoms with van der Waals surface area (Å²) in [7, 11) is 0. The number of aromatic nitrogens is 3. The predicted octanol–water partition coefficient (Wildman–Crippen LogP) is 3.78. The molecule has 3 rings (SSSR count). The van der Waals surface area contributed by atoms with Crippen LogP contribution in [0.5, 0.6) is 0 Å². The van der Waals surface area contributed by atoms with Gasteiger partial charge in [-0.15, -0.1) is 23.1 Å². The Balaban J connectivity index is 1.85. The summed E-state index contributed by atoms with van der Waals surface area (Å²) < 4.78 is 5.30. The summed E-state index contributed by atoms with van der Waals surface area (Å²) in [5.74, 6) is 1.06. The first-order chi connectivity index (χ1) is 11.1. The van der Waals surface area contributed by atoms with Crippen LogP contribution in [0.2, 0.25) is 0 Å². The Kier molecular flexibility index (Phi) is 4.44. The van der Waals surface area contributed by atoms with Gasteiger partial charge in [0.2, 0.25) is 0 Å². The Morgan fingerprint density at radius 1 is 1.30 bits per heavy atom. The second kappa shape index (κ2) is 6.51. The average Bonchev–Trinajstić information content (AvgIpc) is 3.16. The van der Waals surface area contributed by atoms with Crippen molar-refractivity contribution in [3.05, 3.63) is 40.9 Å². The zero-order valence-electron chi connectivity index (χ0n) is 12.8. The van der Waals surface area contributed by atoms with Gasteiger partial charge in [0, 0.05) is 5.38 Å². The SMILES string of the molecule is CSc1nc(C)nc(C)c1C(=O)Nc1nc(-c2ccco2)cs1. The van der Waals surface area contributed by atoms with Gasteiger partial charge in [-0.2, -0.15) is 0 Å². The molecule has 3 aromatic heterocycles. The Morgan fingerprint density at radius 3 is 2.83 bits per heavy atom. The zero-order valence-corrected chi connectivity index (χ0v) is 14.4. The van der Waals surface area contributed by atoms with E-state index in [1.54, 1.807) is 19.3 Å². The van der Waals surface area contributed by atoms with Gasteiger partial charge < -0.3 is 4.42 Å². The van der Waals surface area contributed by atoms with Gasteiger partial charge >= 0.3 is 0 Å². The van der Waals surface area contributed by atoms with Gasteiger partial charge in [0.1, 0.15) is 16.5 Å². The van der Waals surface area contributed by atoms with E-state index in [0.717, 1.165) is 0 Å². The molecule has 0 spiro atoms. The Labute approximate surface area is 141 Å². The maximum Gasteiger partial charge on any atom is 0.262 e. The van der Waals surface area contributed by atoms with Crippen molar-refractivity contribution in [3.63, 3.8) is 0 Å². The molecule has 1 amide bonds.